The van der Waals surface area contributed by atoms with Gasteiger partial charge in [0.15, 0.2) is 5.65 Å². The van der Waals surface area contributed by atoms with Crippen molar-refractivity contribution in [2.45, 2.75) is 12.6 Å². The van der Waals surface area contributed by atoms with Crippen molar-refractivity contribution < 1.29 is 0 Å². The molecule has 2 fully saturated rings. The van der Waals surface area contributed by atoms with Crippen LogP contribution in [-0.2, 0) is 6.54 Å². The van der Waals surface area contributed by atoms with E-state index in [0.717, 1.165) is 52.6 Å². The molecule has 3 aromatic heterocycles. The van der Waals surface area contributed by atoms with Crippen molar-refractivity contribution in [1.29, 1.82) is 0 Å². The second kappa shape index (κ2) is 6.14. The molecule has 2 aliphatic rings. The number of para-hydroxylation sites is 2. The molecule has 0 bridgehead atoms. The average molecular weight is 440 g/mol. The van der Waals surface area contributed by atoms with Crippen molar-refractivity contribution in [3.63, 3.8) is 0 Å². The Kier molecular flexibility index (Phi) is 3.57. The highest BCUT2D eigenvalue weighted by atomic mass is 79.9. The number of hydrogen-bond acceptors (Lipinski definition) is 7. The Morgan fingerprint density at radius 3 is 2.89 bits per heavy atom. The van der Waals surface area contributed by atoms with Gasteiger partial charge in [0.1, 0.15) is 5.82 Å². The number of hydrogen-bond donors (Lipinski definition) is 3. The van der Waals surface area contributed by atoms with E-state index in [1.54, 1.807) is 10.7 Å². The lowest BCUT2D eigenvalue weighted by Crippen LogP contribution is -2.51. The van der Waals surface area contributed by atoms with Gasteiger partial charge in [-0.15, -0.1) is 0 Å². The van der Waals surface area contributed by atoms with E-state index in [2.05, 4.69) is 46.5 Å². The molecular formula is C18H18BrN9. The van der Waals surface area contributed by atoms with Gasteiger partial charge in [-0.1, -0.05) is 12.1 Å². The molecule has 2 unspecified atom stereocenters. The zero-order valence-corrected chi connectivity index (χ0v) is 16.5. The fraction of sp³-hybridized carbons (Fsp3) is 0.333. The van der Waals surface area contributed by atoms with Crippen LogP contribution < -0.4 is 15.5 Å². The number of halogens is 1. The molecule has 1 aromatic carbocycles. The molecule has 28 heavy (non-hydrogen) atoms. The maximum Gasteiger partial charge on any atom is 0.230 e. The van der Waals surface area contributed by atoms with E-state index in [4.69, 9.17) is 9.97 Å². The molecule has 5 heterocycles. The number of H-pyrrole nitrogens is 1. The molecule has 3 N–H and O–H groups in total. The first-order chi connectivity index (χ1) is 13.7. The third-order valence-electron chi connectivity index (χ3n) is 5.53. The first kappa shape index (κ1) is 16.3. The third-order valence-corrected chi connectivity index (χ3v) is 6.09. The Morgan fingerprint density at radius 2 is 2.11 bits per heavy atom. The van der Waals surface area contributed by atoms with Crippen LogP contribution in [0.25, 0.3) is 16.7 Å². The highest BCUT2D eigenvalue weighted by molar-refractivity contribution is 9.10. The molecule has 0 aliphatic carbocycles. The Balaban J connectivity index is 1.33. The summed E-state index contributed by atoms with van der Waals surface area (Å²) in [6.07, 6.45) is 1.75. The van der Waals surface area contributed by atoms with E-state index in [-0.39, 0.29) is 0 Å². The second-order valence-corrected chi connectivity index (χ2v) is 8.16. The number of nitrogens with one attached hydrogen (secondary N) is 3. The fourth-order valence-electron chi connectivity index (χ4n) is 3.96. The zero-order valence-electron chi connectivity index (χ0n) is 14.9. The molecule has 4 aromatic rings. The molecule has 0 amide bonds. The lowest BCUT2D eigenvalue weighted by Gasteiger charge is -2.29. The van der Waals surface area contributed by atoms with Gasteiger partial charge in [0.25, 0.3) is 0 Å². The highest BCUT2D eigenvalue weighted by Crippen LogP contribution is 2.28. The number of benzene rings is 1. The van der Waals surface area contributed by atoms with Crippen LogP contribution in [0.4, 0.5) is 11.9 Å². The number of rotatable bonds is 4. The predicted octanol–water partition coefficient (Wildman–Crippen LogP) is 1.78. The Hall–Kier alpha value is -2.72. The Bertz CT molecular complexity index is 1140. The van der Waals surface area contributed by atoms with E-state index >= 15 is 0 Å². The van der Waals surface area contributed by atoms with E-state index < -0.39 is 0 Å². The van der Waals surface area contributed by atoms with Crippen LogP contribution in [0.2, 0.25) is 0 Å². The highest BCUT2D eigenvalue weighted by Gasteiger charge is 2.40. The minimum Gasteiger partial charge on any atom is -0.347 e. The molecule has 142 valence electrons. The Labute approximate surface area is 168 Å². The number of aromatic amines is 1. The molecule has 2 aliphatic heterocycles. The molecule has 6 rings (SSSR count). The first-order valence-corrected chi connectivity index (χ1v) is 10.1. The summed E-state index contributed by atoms with van der Waals surface area (Å²) in [6.45, 7) is 3.53. The van der Waals surface area contributed by atoms with Crippen LogP contribution in [0.15, 0.2) is 34.9 Å². The number of imidazole rings is 1. The maximum absolute atomic E-state index is 4.78. The molecule has 0 radical (unpaired) electrons. The van der Waals surface area contributed by atoms with Crippen LogP contribution in [-0.4, -0.2) is 55.2 Å². The maximum atomic E-state index is 4.78. The van der Waals surface area contributed by atoms with Gasteiger partial charge in [-0.2, -0.15) is 19.6 Å². The lowest BCUT2D eigenvalue weighted by molar-refractivity contribution is 0.297. The molecule has 10 heteroatoms. The summed E-state index contributed by atoms with van der Waals surface area (Å²) in [6, 6.07) is 8.56. The summed E-state index contributed by atoms with van der Waals surface area (Å²) >= 11 is 3.55. The molecule has 2 atom stereocenters. The van der Waals surface area contributed by atoms with Gasteiger partial charge in [0, 0.05) is 31.6 Å². The van der Waals surface area contributed by atoms with Gasteiger partial charge in [-0.05, 0) is 28.1 Å². The van der Waals surface area contributed by atoms with Crippen LogP contribution in [0.5, 0.6) is 0 Å². The van der Waals surface area contributed by atoms with Crippen molar-refractivity contribution in [3.05, 3.63) is 40.8 Å². The average Bonchev–Trinajstić information content (AvgIpc) is 3.36. The summed E-state index contributed by atoms with van der Waals surface area (Å²) in [5, 5.41) is 11.2. The van der Waals surface area contributed by atoms with Crippen molar-refractivity contribution in [1.82, 2.24) is 34.9 Å². The smallest absolute Gasteiger partial charge is 0.230 e. The van der Waals surface area contributed by atoms with Crippen LogP contribution in [0.1, 0.15) is 5.82 Å². The van der Waals surface area contributed by atoms with E-state index in [0.29, 0.717) is 24.5 Å². The summed E-state index contributed by atoms with van der Waals surface area (Å²) in [4.78, 5) is 19.7. The van der Waals surface area contributed by atoms with Gasteiger partial charge in [0.2, 0.25) is 11.9 Å². The summed E-state index contributed by atoms with van der Waals surface area (Å²) in [7, 11) is 0. The van der Waals surface area contributed by atoms with E-state index in [1.165, 1.54) is 0 Å². The topological polar surface area (TPSA) is 99.1 Å². The van der Waals surface area contributed by atoms with Gasteiger partial charge in [-0.25, -0.2) is 4.98 Å². The fourth-order valence-corrected chi connectivity index (χ4v) is 4.31. The minimum absolute atomic E-state index is 0.518. The monoisotopic (exact) mass is 439 g/mol. The SMILES string of the molecule is Brc1cnn2c(NCc3nc4ccccc4[nH]3)nc(N3CC4CNC4C3)nc12. The van der Waals surface area contributed by atoms with Crippen molar-refractivity contribution >= 4 is 44.5 Å². The molecule has 9 nitrogen and oxygen atoms in total. The van der Waals surface area contributed by atoms with E-state index in [1.807, 2.05) is 24.3 Å². The second-order valence-electron chi connectivity index (χ2n) is 7.31. The quantitative estimate of drug-likeness (QED) is 0.445. The number of aromatic nitrogens is 6. The minimum atomic E-state index is 0.518. The van der Waals surface area contributed by atoms with Crippen molar-refractivity contribution in [2.75, 3.05) is 29.9 Å². The van der Waals surface area contributed by atoms with Crippen LogP contribution >= 0.6 is 15.9 Å². The summed E-state index contributed by atoms with van der Waals surface area (Å²) in [5.41, 5.74) is 2.73. The number of fused-ring (bicyclic) bond motifs is 3. The molecular weight excluding hydrogens is 422 g/mol. The van der Waals surface area contributed by atoms with Gasteiger partial charge in [-0.3, -0.25) is 0 Å². The van der Waals surface area contributed by atoms with Crippen molar-refractivity contribution in [3.8, 4) is 0 Å². The Morgan fingerprint density at radius 1 is 1.18 bits per heavy atom. The largest absolute Gasteiger partial charge is 0.347 e. The van der Waals surface area contributed by atoms with Gasteiger partial charge < -0.3 is 20.5 Å². The zero-order chi connectivity index (χ0) is 18.7. The van der Waals surface area contributed by atoms with Gasteiger partial charge in [0.05, 0.1) is 28.2 Å². The van der Waals surface area contributed by atoms with Crippen molar-refractivity contribution in [2.24, 2.45) is 5.92 Å². The third kappa shape index (κ3) is 2.55. The molecule has 2 saturated heterocycles. The van der Waals surface area contributed by atoms with Crippen LogP contribution in [0.3, 0.4) is 0 Å². The summed E-state index contributed by atoms with van der Waals surface area (Å²) < 4.78 is 2.57. The molecule has 0 saturated carbocycles. The lowest BCUT2D eigenvalue weighted by atomic mass is 9.96. The normalized spacial score (nSPS) is 21.2. The predicted molar refractivity (Wildman–Crippen MR) is 109 cm³/mol. The standard InChI is InChI=1S/C18H18BrN9/c19-11-6-22-28-16(11)25-18(27-8-10-5-20-14(10)9-27)26-17(28)21-7-15-23-12-3-1-2-4-13(12)24-15/h1-4,6,10,14,20H,5,7-9H2,(H,23,24)(H,21,25,26). The van der Waals surface area contributed by atoms with Gasteiger partial charge >= 0.3 is 0 Å². The van der Waals surface area contributed by atoms with E-state index in [9.17, 15) is 0 Å². The number of nitrogens with zero attached hydrogens (tertiary/aromatic N) is 6. The molecule has 0 spiro atoms. The summed E-state index contributed by atoms with van der Waals surface area (Å²) in [5.74, 6) is 2.93. The number of anilines is 2. The first-order valence-electron chi connectivity index (χ1n) is 9.32. The van der Waals surface area contributed by atoms with Crippen LogP contribution in [0, 0.1) is 5.92 Å².